The summed E-state index contributed by atoms with van der Waals surface area (Å²) in [7, 11) is 0. The second-order valence-corrected chi connectivity index (χ2v) is 4.79. The highest BCUT2D eigenvalue weighted by Crippen LogP contribution is 2.28. The molecule has 0 bridgehead atoms. The van der Waals surface area contributed by atoms with Crippen LogP contribution in [0, 0.1) is 0 Å². The van der Waals surface area contributed by atoms with Gasteiger partial charge in [0, 0.05) is 12.6 Å². The molecular formula is C15H23NO2. The largest absolute Gasteiger partial charge is 0.394 e. The smallest absolute Gasteiger partial charge is 0.0698 e. The summed E-state index contributed by atoms with van der Waals surface area (Å²) in [6.45, 7) is 2.05. The summed E-state index contributed by atoms with van der Waals surface area (Å²) < 4.78 is 5.28. The maximum absolute atomic E-state index is 8.64. The number of ether oxygens (including phenoxy) is 1. The van der Waals surface area contributed by atoms with Crippen LogP contribution in [0.1, 0.15) is 36.4 Å². The zero-order valence-corrected chi connectivity index (χ0v) is 10.9. The summed E-state index contributed by atoms with van der Waals surface area (Å²) in [5, 5.41) is 12.2. The highest BCUT2D eigenvalue weighted by Gasteiger charge is 2.17. The van der Waals surface area contributed by atoms with Gasteiger partial charge in [-0.15, -0.1) is 0 Å². The average molecular weight is 249 g/mol. The van der Waals surface area contributed by atoms with E-state index in [-0.39, 0.29) is 6.61 Å². The molecule has 1 aliphatic carbocycles. The minimum atomic E-state index is 0.103. The van der Waals surface area contributed by atoms with Crippen LogP contribution in [0.15, 0.2) is 24.3 Å². The van der Waals surface area contributed by atoms with Gasteiger partial charge in [0.1, 0.15) is 0 Å². The monoisotopic (exact) mass is 249 g/mol. The van der Waals surface area contributed by atoms with Gasteiger partial charge in [0.2, 0.25) is 0 Å². The summed E-state index contributed by atoms with van der Waals surface area (Å²) in [5.74, 6) is 0. The Morgan fingerprint density at radius 1 is 1.22 bits per heavy atom. The molecule has 18 heavy (non-hydrogen) atoms. The van der Waals surface area contributed by atoms with Gasteiger partial charge in [-0.25, -0.2) is 0 Å². The molecule has 0 fully saturated rings. The van der Waals surface area contributed by atoms with Crippen LogP contribution >= 0.6 is 0 Å². The molecule has 0 aliphatic heterocycles. The Bertz CT molecular complexity index is 354. The lowest BCUT2D eigenvalue weighted by atomic mass is 9.99. The molecule has 0 spiro atoms. The van der Waals surface area contributed by atoms with Crippen LogP contribution in [0.5, 0.6) is 0 Å². The molecule has 3 nitrogen and oxygen atoms in total. The molecule has 1 unspecified atom stereocenters. The third-order valence-corrected chi connectivity index (χ3v) is 3.49. The summed E-state index contributed by atoms with van der Waals surface area (Å²) in [5.41, 5.74) is 2.95. The van der Waals surface area contributed by atoms with E-state index < -0.39 is 0 Å². The number of benzene rings is 1. The van der Waals surface area contributed by atoms with E-state index >= 15 is 0 Å². The minimum Gasteiger partial charge on any atom is -0.394 e. The van der Waals surface area contributed by atoms with E-state index in [2.05, 4.69) is 29.6 Å². The van der Waals surface area contributed by atoms with Crippen molar-refractivity contribution in [2.45, 2.75) is 31.7 Å². The van der Waals surface area contributed by atoms with Crippen LogP contribution in [0.25, 0.3) is 0 Å². The van der Waals surface area contributed by atoms with E-state index in [1.54, 1.807) is 0 Å². The highest BCUT2D eigenvalue weighted by molar-refractivity contribution is 5.31. The van der Waals surface area contributed by atoms with Crippen molar-refractivity contribution < 1.29 is 9.84 Å². The minimum absolute atomic E-state index is 0.103. The fourth-order valence-corrected chi connectivity index (χ4v) is 2.61. The molecule has 2 N–H and O–H groups in total. The fourth-order valence-electron chi connectivity index (χ4n) is 2.61. The average Bonchev–Trinajstić information content (AvgIpc) is 2.61. The lowest BCUT2D eigenvalue weighted by Gasteiger charge is -2.19. The number of nitrogens with one attached hydrogen (secondary N) is 1. The number of hydrogen-bond donors (Lipinski definition) is 2. The Morgan fingerprint density at radius 2 is 2.11 bits per heavy atom. The Morgan fingerprint density at radius 3 is 3.00 bits per heavy atom. The summed E-state index contributed by atoms with van der Waals surface area (Å²) in [6, 6.07) is 9.21. The van der Waals surface area contributed by atoms with Crippen molar-refractivity contribution in [3.8, 4) is 0 Å². The quantitative estimate of drug-likeness (QED) is 0.599. The first-order valence-corrected chi connectivity index (χ1v) is 6.91. The number of aliphatic hydroxyl groups excluding tert-OH is 1. The lowest BCUT2D eigenvalue weighted by molar-refractivity contribution is 0.0924. The van der Waals surface area contributed by atoms with E-state index in [9.17, 15) is 0 Å². The second kappa shape index (κ2) is 7.52. The Balaban J connectivity index is 1.88. The van der Waals surface area contributed by atoms with Crippen molar-refractivity contribution in [3.05, 3.63) is 35.4 Å². The topological polar surface area (TPSA) is 41.5 Å². The van der Waals surface area contributed by atoms with Gasteiger partial charge in [-0.1, -0.05) is 30.7 Å². The summed E-state index contributed by atoms with van der Waals surface area (Å²) in [6.07, 6.45) is 4.98. The van der Waals surface area contributed by atoms with E-state index in [1.807, 2.05) is 0 Å². The lowest BCUT2D eigenvalue weighted by Crippen LogP contribution is -2.26. The van der Waals surface area contributed by atoms with E-state index in [1.165, 1.54) is 36.8 Å². The Labute approximate surface area is 109 Å². The van der Waals surface area contributed by atoms with Gasteiger partial charge in [-0.3, -0.25) is 0 Å². The first-order valence-electron chi connectivity index (χ1n) is 6.91. The number of rotatable bonds is 6. The molecule has 0 radical (unpaired) electrons. The first kappa shape index (κ1) is 13.5. The van der Waals surface area contributed by atoms with Gasteiger partial charge in [-0.05, 0) is 30.4 Å². The van der Waals surface area contributed by atoms with Gasteiger partial charge < -0.3 is 15.2 Å². The summed E-state index contributed by atoms with van der Waals surface area (Å²) in [4.78, 5) is 0. The standard InChI is InChI=1S/C15H23NO2/c17-10-12-18-11-9-16-15-8-4-2-6-13-5-1-3-7-14(13)15/h1,3,5,7,15-17H,2,4,6,8-12H2. The molecule has 0 heterocycles. The molecule has 2 rings (SSSR count). The van der Waals surface area contributed by atoms with Crippen LogP contribution in [-0.2, 0) is 11.2 Å². The van der Waals surface area contributed by atoms with Crippen molar-refractivity contribution in [2.24, 2.45) is 0 Å². The third kappa shape index (κ3) is 3.80. The maximum atomic E-state index is 8.64. The van der Waals surface area contributed by atoms with E-state index in [0.717, 1.165) is 6.54 Å². The Hall–Kier alpha value is -0.900. The molecule has 0 amide bonds. The first-order chi connectivity index (χ1) is 8.92. The Kier molecular flexibility index (Phi) is 5.65. The number of fused-ring (bicyclic) bond motifs is 1. The molecule has 1 aromatic carbocycles. The number of aliphatic hydroxyl groups is 1. The van der Waals surface area contributed by atoms with Crippen LogP contribution < -0.4 is 5.32 Å². The fraction of sp³-hybridized carbons (Fsp3) is 0.600. The molecule has 100 valence electrons. The second-order valence-electron chi connectivity index (χ2n) is 4.79. The van der Waals surface area contributed by atoms with Crippen LogP contribution in [0.3, 0.4) is 0 Å². The molecule has 3 heteroatoms. The van der Waals surface area contributed by atoms with Gasteiger partial charge in [-0.2, -0.15) is 0 Å². The predicted octanol–water partition coefficient (Wildman–Crippen LogP) is 2.05. The van der Waals surface area contributed by atoms with Crippen molar-refractivity contribution in [1.29, 1.82) is 0 Å². The molecule has 1 aliphatic rings. The highest BCUT2D eigenvalue weighted by atomic mass is 16.5. The normalized spacial score (nSPS) is 19.3. The van der Waals surface area contributed by atoms with Crippen LogP contribution in [0.4, 0.5) is 0 Å². The van der Waals surface area contributed by atoms with Crippen molar-refractivity contribution in [3.63, 3.8) is 0 Å². The molecule has 0 aromatic heterocycles. The van der Waals surface area contributed by atoms with Crippen LogP contribution in [0.2, 0.25) is 0 Å². The van der Waals surface area contributed by atoms with Crippen LogP contribution in [-0.4, -0.2) is 31.5 Å². The van der Waals surface area contributed by atoms with Gasteiger partial charge in [0.05, 0.1) is 19.8 Å². The zero-order chi connectivity index (χ0) is 12.6. The summed E-state index contributed by atoms with van der Waals surface area (Å²) >= 11 is 0. The third-order valence-electron chi connectivity index (χ3n) is 3.49. The molecule has 0 saturated carbocycles. The van der Waals surface area contributed by atoms with Crippen molar-refractivity contribution in [2.75, 3.05) is 26.4 Å². The number of hydrogen-bond acceptors (Lipinski definition) is 3. The zero-order valence-electron chi connectivity index (χ0n) is 10.9. The molecule has 1 atom stereocenters. The molecule has 0 saturated heterocycles. The van der Waals surface area contributed by atoms with E-state index in [0.29, 0.717) is 19.3 Å². The predicted molar refractivity (Wildman–Crippen MR) is 72.6 cm³/mol. The SMILES string of the molecule is OCCOCCNC1CCCCc2ccccc21. The molecular weight excluding hydrogens is 226 g/mol. The van der Waals surface area contributed by atoms with E-state index in [4.69, 9.17) is 9.84 Å². The van der Waals surface area contributed by atoms with Crippen molar-refractivity contribution >= 4 is 0 Å². The molecule has 1 aromatic rings. The van der Waals surface area contributed by atoms with Gasteiger partial charge >= 0.3 is 0 Å². The number of aryl methyl sites for hydroxylation is 1. The van der Waals surface area contributed by atoms with Gasteiger partial charge in [0.25, 0.3) is 0 Å². The van der Waals surface area contributed by atoms with Crippen molar-refractivity contribution in [1.82, 2.24) is 5.32 Å². The van der Waals surface area contributed by atoms with Gasteiger partial charge in [0.15, 0.2) is 0 Å². The maximum Gasteiger partial charge on any atom is 0.0698 e.